The van der Waals surface area contributed by atoms with Crippen molar-refractivity contribution in [2.75, 3.05) is 7.05 Å². The van der Waals surface area contributed by atoms with Crippen LogP contribution in [0.3, 0.4) is 0 Å². The van der Waals surface area contributed by atoms with Crippen LogP contribution >= 0.6 is 0 Å². The van der Waals surface area contributed by atoms with E-state index in [0.717, 1.165) is 31.2 Å². The van der Waals surface area contributed by atoms with Gasteiger partial charge in [0.15, 0.2) is 0 Å². The molecule has 0 bridgehead atoms. The van der Waals surface area contributed by atoms with Gasteiger partial charge in [0, 0.05) is 13.1 Å². The first-order valence-corrected chi connectivity index (χ1v) is 9.02. The van der Waals surface area contributed by atoms with E-state index in [1.807, 2.05) is 0 Å². The Hall–Kier alpha value is -0.910. The van der Waals surface area contributed by atoms with Gasteiger partial charge in [0.1, 0.15) is 0 Å². The summed E-state index contributed by atoms with van der Waals surface area (Å²) in [4.78, 5) is 0.299. The van der Waals surface area contributed by atoms with Crippen molar-refractivity contribution < 1.29 is 13.5 Å². The van der Waals surface area contributed by atoms with Crippen molar-refractivity contribution in [1.82, 2.24) is 4.31 Å². The lowest BCUT2D eigenvalue weighted by Gasteiger charge is -2.32. The largest absolute Gasteiger partial charge is 0.389 e. The second-order valence-electron chi connectivity index (χ2n) is 6.18. The molecule has 0 aliphatic heterocycles. The van der Waals surface area contributed by atoms with Gasteiger partial charge in [-0.3, -0.25) is 0 Å². The smallest absolute Gasteiger partial charge is 0.243 e. The highest BCUT2D eigenvalue weighted by atomic mass is 32.2. The Labute approximate surface area is 127 Å². The van der Waals surface area contributed by atoms with E-state index >= 15 is 0 Å². The third-order valence-electron chi connectivity index (χ3n) is 4.54. The van der Waals surface area contributed by atoms with E-state index < -0.39 is 16.1 Å². The molecule has 0 aromatic heterocycles. The zero-order valence-electron chi connectivity index (χ0n) is 13.0. The van der Waals surface area contributed by atoms with Crippen LogP contribution in [-0.2, 0) is 10.0 Å². The number of sulfonamides is 1. The van der Waals surface area contributed by atoms with E-state index in [9.17, 15) is 13.5 Å². The first kappa shape index (κ1) is 16.5. The number of hydrogen-bond acceptors (Lipinski definition) is 3. The molecule has 21 heavy (non-hydrogen) atoms. The summed E-state index contributed by atoms with van der Waals surface area (Å²) in [5.41, 5.74) is 0.725. The van der Waals surface area contributed by atoms with Gasteiger partial charge in [-0.15, -0.1) is 0 Å². The van der Waals surface area contributed by atoms with Crippen molar-refractivity contribution in [3.8, 4) is 0 Å². The number of hydrogen-bond donors (Lipinski definition) is 1. The van der Waals surface area contributed by atoms with Crippen LogP contribution in [0, 0.1) is 5.92 Å². The van der Waals surface area contributed by atoms with Gasteiger partial charge < -0.3 is 5.11 Å². The normalized spacial score (nSPS) is 25.0. The van der Waals surface area contributed by atoms with Gasteiger partial charge in [-0.2, -0.15) is 4.31 Å². The fourth-order valence-corrected chi connectivity index (χ4v) is 4.30. The van der Waals surface area contributed by atoms with Crippen molar-refractivity contribution in [2.24, 2.45) is 5.92 Å². The summed E-state index contributed by atoms with van der Waals surface area (Å²) in [6.07, 6.45) is 3.46. The summed E-state index contributed by atoms with van der Waals surface area (Å²) in [6, 6.07) is 6.61. The van der Waals surface area contributed by atoms with Gasteiger partial charge in [0.2, 0.25) is 10.0 Å². The fourth-order valence-electron chi connectivity index (χ4n) is 2.89. The molecule has 1 aromatic carbocycles. The van der Waals surface area contributed by atoms with Crippen LogP contribution in [0.4, 0.5) is 0 Å². The van der Waals surface area contributed by atoms with Crippen molar-refractivity contribution in [3.05, 3.63) is 29.8 Å². The van der Waals surface area contributed by atoms with Crippen molar-refractivity contribution in [2.45, 2.75) is 56.6 Å². The second kappa shape index (κ2) is 6.46. The summed E-state index contributed by atoms with van der Waals surface area (Å²) in [5, 5.41) is 9.50. The third-order valence-corrected chi connectivity index (χ3v) is 6.46. The SMILES string of the molecule is CC1CCC(N(C)S(=O)(=O)c2ccc(C(C)O)cc2)CC1. The van der Waals surface area contributed by atoms with Gasteiger partial charge in [-0.1, -0.05) is 19.1 Å². The highest BCUT2D eigenvalue weighted by Crippen LogP contribution is 2.29. The summed E-state index contributed by atoms with van der Waals surface area (Å²) in [5.74, 6) is 0.697. The van der Waals surface area contributed by atoms with Crippen LogP contribution in [0.25, 0.3) is 0 Å². The van der Waals surface area contributed by atoms with Crippen molar-refractivity contribution in [3.63, 3.8) is 0 Å². The summed E-state index contributed by atoms with van der Waals surface area (Å²) in [7, 11) is -1.77. The van der Waals surface area contributed by atoms with Crippen molar-refractivity contribution >= 4 is 10.0 Å². The van der Waals surface area contributed by atoms with Crippen LogP contribution in [0.15, 0.2) is 29.2 Å². The molecule has 1 aliphatic carbocycles. The summed E-state index contributed by atoms with van der Waals surface area (Å²) >= 11 is 0. The molecule has 1 fully saturated rings. The topological polar surface area (TPSA) is 57.6 Å². The molecule has 0 heterocycles. The van der Waals surface area contributed by atoms with Crippen LogP contribution in [-0.4, -0.2) is 30.9 Å². The van der Waals surface area contributed by atoms with E-state index in [-0.39, 0.29) is 6.04 Å². The maximum atomic E-state index is 12.7. The van der Waals surface area contributed by atoms with Gasteiger partial charge in [0.05, 0.1) is 11.0 Å². The van der Waals surface area contributed by atoms with Crippen LogP contribution in [0.2, 0.25) is 0 Å². The lowest BCUT2D eigenvalue weighted by Crippen LogP contribution is -2.39. The second-order valence-corrected chi connectivity index (χ2v) is 8.18. The van der Waals surface area contributed by atoms with E-state index in [0.29, 0.717) is 10.8 Å². The van der Waals surface area contributed by atoms with E-state index in [4.69, 9.17) is 0 Å². The zero-order valence-corrected chi connectivity index (χ0v) is 13.8. The molecule has 1 saturated carbocycles. The number of rotatable bonds is 4. The molecule has 1 aliphatic rings. The van der Waals surface area contributed by atoms with Crippen LogP contribution < -0.4 is 0 Å². The molecule has 0 amide bonds. The standard InChI is InChI=1S/C16H25NO3S/c1-12-4-8-15(9-5-12)17(3)21(19,20)16-10-6-14(7-11-16)13(2)18/h6-7,10-13,15,18H,4-5,8-9H2,1-3H3. The minimum atomic E-state index is -3.45. The highest BCUT2D eigenvalue weighted by molar-refractivity contribution is 7.89. The van der Waals surface area contributed by atoms with Crippen LogP contribution in [0.5, 0.6) is 0 Å². The molecule has 0 saturated heterocycles. The molecular formula is C16H25NO3S. The molecule has 2 rings (SSSR count). The van der Waals surface area contributed by atoms with Gasteiger partial charge in [0.25, 0.3) is 0 Å². The lowest BCUT2D eigenvalue weighted by atomic mass is 9.87. The summed E-state index contributed by atoms with van der Waals surface area (Å²) in [6.45, 7) is 3.89. The predicted octanol–water partition coefficient (Wildman–Crippen LogP) is 2.94. The summed E-state index contributed by atoms with van der Waals surface area (Å²) < 4.78 is 26.8. The number of aliphatic hydroxyl groups excluding tert-OH is 1. The highest BCUT2D eigenvalue weighted by Gasteiger charge is 2.30. The lowest BCUT2D eigenvalue weighted by molar-refractivity contribution is 0.199. The van der Waals surface area contributed by atoms with Crippen molar-refractivity contribution in [1.29, 1.82) is 0 Å². The Kier molecular flexibility index (Phi) is 5.07. The molecular weight excluding hydrogens is 286 g/mol. The van der Waals surface area contributed by atoms with E-state index in [1.54, 1.807) is 38.2 Å². The molecule has 1 aromatic rings. The average Bonchev–Trinajstić information content (AvgIpc) is 2.47. The predicted molar refractivity (Wildman–Crippen MR) is 83.4 cm³/mol. The Morgan fingerprint density at radius 2 is 1.67 bits per heavy atom. The molecule has 1 N–H and O–H groups in total. The zero-order chi connectivity index (χ0) is 15.6. The minimum absolute atomic E-state index is 0.0997. The minimum Gasteiger partial charge on any atom is -0.389 e. The van der Waals surface area contributed by atoms with E-state index in [1.165, 1.54) is 4.31 Å². The molecule has 0 radical (unpaired) electrons. The Bertz CT molecular complexity index is 558. The van der Waals surface area contributed by atoms with Crippen LogP contribution in [0.1, 0.15) is 51.2 Å². The monoisotopic (exact) mass is 311 g/mol. The van der Waals surface area contributed by atoms with Gasteiger partial charge in [-0.05, 0) is 56.2 Å². The quantitative estimate of drug-likeness (QED) is 0.930. The Balaban J connectivity index is 2.16. The van der Waals surface area contributed by atoms with E-state index in [2.05, 4.69) is 6.92 Å². The van der Waals surface area contributed by atoms with Gasteiger partial charge >= 0.3 is 0 Å². The third kappa shape index (κ3) is 3.65. The Morgan fingerprint density at radius 3 is 2.14 bits per heavy atom. The maximum Gasteiger partial charge on any atom is 0.243 e. The molecule has 1 atom stereocenters. The number of nitrogens with zero attached hydrogens (tertiary/aromatic N) is 1. The molecule has 5 heteroatoms. The van der Waals surface area contributed by atoms with Gasteiger partial charge in [-0.25, -0.2) is 8.42 Å². The fraction of sp³-hybridized carbons (Fsp3) is 0.625. The molecule has 1 unspecified atom stereocenters. The molecule has 118 valence electrons. The number of aliphatic hydroxyl groups is 1. The average molecular weight is 311 g/mol. The first-order valence-electron chi connectivity index (χ1n) is 7.58. The molecule has 4 nitrogen and oxygen atoms in total. The maximum absolute atomic E-state index is 12.7. The Morgan fingerprint density at radius 1 is 1.14 bits per heavy atom. The number of benzene rings is 1. The first-order chi connectivity index (χ1) is 9.82. The molecule has 0 spiro atoms.